The topological polar surface area (TPSA) is 49.8 Å². The highest BCUT2D eigenvalue weighted by molar-refractivity contribution is 5.89. The Morgan fingerprint density at radius 2 is 2.12 bits per heavy atom. The Kier molecular flexibility index (Phi) is 3.64. The molecule has 1 saturated heterocycles. The average Bonchev–Trinajstić information content (AvgIpc) is 2.76. The summed E-state index contributed by atoms with van der Waals surface area (Å²) < 4.78 is 4.89. The number of rotatable bonds is 4. The predicted molar refractivity (Wildman–Crippen MR) is 65.3 cm³/mol. The van der Waals surface area contributed by atoms with Gasteiger partial charge in [0.25, 0.3) is 0 Å². The van der Waals surface area contributed by atoms with Crippen LogP contribution >= 0.6 is 0 Å². The molecule has 92 valence electrons. The monoisotopic (exact) mass is 235 g/mol. The maximum Gasteiger partial charge on any atom is 0.414 e. The number of aliphatic hydroxyl groups excluding tert-OH is 1. The molecular weight excluding hydrogens is 218 g/mol. The van der Waals surface area contributed by atoms with E-state index in [9.17, 15) is 4.79 Å². The summed E-state index contributed by atoms with van der Waals surface area (Å²) in [6, 6.07) is 7.86. The number of carbonyl (C=O) groups excluding carboxylic acids is 1. The highest BCUT2D eigenvalue weighted by Crippen LogP contribution is 2.24. The lowest BCUT2D eigenvalue weighted by Gasteiger charge is -2.15. The van der Waals surface area contributed by atoms with Gasteiger partial charge < -0.3 is 9.84 Å². The zero-order valence-electron chi connectivity index (χ0n) is 9.93. The summed E-state index contributed by atoms with van der Waals surface area (Å²) in [6.45, 7) is 3.35. The van der Waals surface area contributed by atoms with Gasteiger partial charge in [-0.05, 0) is 30.0 Å². The van der Waals surface area contributed by atoms with Crippen molar-refractivity contribution in [3.8, 4) is 0 Å². The van der Waals surface area contributed by atoms with Crippen molar-refractivity contribution in [2.24, 2.45) is 0 Å². The van der Waals surface area contributed by atoms with Crippen LogP contribution in [0.15, 0.2) is 24.3 Å². The van der Waals surface area contributed by atoms with E-state index in [-0.39, 0.29) is 12.7 Å². The normalized spacial score (nSPS) is 17.1. The fourth-order valence-electron chi connectivity index (χ4n) is 1.97. The largest absolute Gasteiger partial charge is 0.447 e. The van der Waals surface area contributed by atoms with Crippen LogP contribution in [0, 0.1) is 0 Å². The molecule has 1 aliphatic rings. The molecule has 1 N–H and O–H groups in total. The highest BCUT2D eigenvalue weighted by atomic mass is 16.6. The third-order valence-corrected chi connectivity index (χ3v) is 3.10. The van der Waals surface area contributed by atoms with Crippen molar-refractivity contribution in [3.63, 3.8) is 0 Å². The van der Waals surface area contributed by atoms with Gasteiger partial charge in [-0.15, -0.1) is 0 Å². The second-order valence-corrected chi connectivity index (χ2v) is 4.27. The van der Waals surface area contributed by atoms with Crippen molar-refractivity contribution in [1.29, 1.82) is 0 Å². The molecule has 0 radical (unpaired) electrons. The SMILES string of the molecule is CC(CCO)c1ccc(N2CCOC2=O)cc1. The smallest absolute Gasteiger partial charge is 0.414 e. The summed E-state index contributed by atoms with van der Waals surface area (Å²) in [7, 11) is 0. The predicted octanol–water partition coefficient (Wildman–Crippen LogP) is 2.13. The van der Waals surface area contributed by atoms with E-state index in [1.54, 1.807) is 4.90 Å². The average molecular weight is 235 g/mol. The lowest BCUT2D eigenvalue weighted by atomic mass is 9.98. The minimum absolute atomic E-state index is 0.196. The van der Waals surface area contributed by atoms with E-state index >= 15 is 0 Å². The molecule has 4 heteroatoms. The van der Waals surface area contributed by atoms with Crippen LogP contribution in [-0.2, 0) is 4.74 Å². The van der Waals surface area contributed by atoms with Gasteiger partial charge in [0.15, 0.2) is 0 Å². The lowest BCUT2D eigenvalue weighted by molar-refractivity contribution is 0.181. The van der Waals surface area contributed by atoms with Crippen molar-refractivity contribution in [2.75, 3.05) is 24.7 Å². The van der Waals surface area contributed by atoms with E-state index in [2.05, 4.69) is 6.92 Å². The molecule has 1 unspecified atom stereocenters. The maximum absolute atomic E-state index is 11.4. The van der Waals surface area contributed by atoms with Crippen LogP contribution in [0.25, 0.3) is 0 Å². The van der Waals surface area contributed by atoms with Crippen molar-refractivity contribution in [2.45, 2.75) is 19.3 Å². The van der Waals surface area contributed by atoms with Crippen molar-refractivity contribution in [1.82, 2.24) is 0 Å². The van der Waals surface area contributed by atoms with Crippen LogP contribution in [0.4, 0.5) is 10.5 Å². The quantitative estimate of drug-likeness (QED) is 0.869. The van der Waals surface area contributed by atoms with Gasteiger partial charge in [-0.25, -0.2) is 4.79 Å². The summed E-state index contributed by atoms with van der Waals surface area (Å²) in [5.74, 6) is 0.333. The van der Waals surface area contributed by atoms with E-state index in [1.165, 1.54) is 5.56 Å². The molecule has 0 saturated carbocycles. The highest BCUT2D eigenvalue weighted by Gasteiger charge is 2.23. The molecule has 1 aliphatic heterocycles. The number of benzene rings is 1. The molecule has 1 aromatic carbocycles. The first-order valence-electron chi connectivity index (χ1n) is 5.87. The van der Waals surface area contributed by atoms with E-state index < -0.39 is 0 Å². The molecule has 0 aromatic heterocycles. The lowest BCUT2D eigenvalue weighted by Crippen LogP contribution is -2.23. The molecule has 2 rings (SSSR count). The van der Waals surface area contributed by atoms with E-state index in [0.717, 1.165) is 12.1 Å². The Hall–Kier alpha value is -1.55. The Morgan fingerprint density at radius 1 is 1.41 bits per heavy atom. The fourth-order valence-corrected chi connectivity index (χ4v) is 1.97. The van der Waals surface area contributed by atoms with E-state index in [4.69, 9.17) is 9.84 Å². The van der Waals surface area contributed by atoms with Gasteiger partial charge in [-0.2, -0.15) is 0 Å². The Labute approximate surface area is 101 Å². The minimum Gasteiger partial charge on any atom is -0.447 e. The van der Waals surface area contributed by atoms with Gasteiger partial charge in [-0.3, -0.25) is 4.90 Å². The Balaban J connectivity index is 2.10. The Bertz CT molecular complexity index is 388. The van der Waals surface area contributed by atoms with E-state index in [1.807, 2.05) is 24.3 Å². The van der Waals surface area contributed by atoms with E-state index in [0.29, 0.717) is 19.1 Å². The van der Waals surface area contributed by atoms with Gasteiger partial charge in [0.05, 0.1) is 6.54 Å². The van der Waals surface area contributed by atoms with Gasteiger partial charge >= 0.3 is 6.09 Å². The molecule has 0 aliphatic carbocycles. The standard InChI is InChI=1S/C13H17NO3/c1-10(6-8-15)11-2-4-12(5-3-11)14-7-9-17-13(14)16/h2-5,10,15H,6-9H2,1H3. The van der Waals surface area contributed by atoms with Crippen molar-refractivity contribution < 1.29 is 14.6 Å². The Morgan fingerprint density at radius 3 is 2.65 bits per heavy atom. The van der Waals surface area contributed by atoms with Crippen LogP contribution in [-0.4, -0.2) is 31.0 Å². The number of aliphatic hydroxyl groups is 1. The fraction of sp³-hybridized carbons (Fsp3) is 0.462. The molecule has 17 heavy (non-hydrogen) atoms. The number of nitrogens with zero attached hydrogens (tertiary/aromatic N) is 1. The molecule has 4 nitrogen and oxygen atoms in total. The first-order valence-corrected chi connectivity index (χ1v) is 5.87. The number of hydrogen-bond donors (Lipinski definition) is 1. The summed E-state index contributed by atoms with van der Waals surface area (Å²) in [5.41, 5.74) is 2.04. The molecule has 1 atom stereocenters. The molecule has 1 amide bonds. The minimum atomic E-state index is -0.277. The van der Waals surface area contributed by atoms with Crippen LogP contribution in [0.2, 0.25) is 0 Å². The van der Waals surface area contributed by atoms with Crippen LogP contribution in [0.5, 0.6) is 0 Å². The number of anilines is 1. The summed E-state index contributed by atoms with van der Waals surface area (Å²) in [4.78, 5) is 13.0. The second-order valence-electron chi connectivity index (χ2n) is 4.27. The number of amides is 1. The summed E-state index contributed by atoms with van der Waals surface area (Å²) in [6.07, 6.45) is 0.478. The van der Waals surface area contributed by atoms with Crippen molar-refractivity contribution in [3.05, 3.63) is 29.8 Å². The molecule has 0 spiro atoms. The maximum atomic E-state index is 11.4. The number of carbonyl (C=O) groups is 1. The molecule has 1 fully saturated rings. The van der Waals surface area contributed by atoms with Crippen LogP contribution in [0.3, 0.4) is 0 Å². The third kappa shape index (κ3) is 2.58. The van der Waals surface area contributed by atoms with Gasteiger partial charge in [0.1, 0.15) is 6.61 Å². The second kappa shape index (κ2) is 5.19. The van der Waals surface area contributed by atoms with Crippen LogP contribution < -0.4 is 4.90 Å². The van der Waals surface area contributed by atoms with Crippen molar-refractivity contribution >= 4 is 11.8 Å². The molecule has 0 bridgehead atoms. The number of hydrogen-bond acceptors (Lipinski definition) is 3. The zero-order chi connectivity index (χ0) is 12.3. The van der Waals surface area contributed by atoms with Gasteiger partial charge in [0.2, 0.25) is 0 Å². The molecule has 1 aromatic rings. The van der Waals surface area contributed by atoms with Gasteiger partial charge in [-0.1, -0.05) is 19.1 Å². The first-order chi connectivity index (χ1) is 8.22. The van der Waals surface area contributed by atoms with Crippen LogP contribution in [0.1, 0.15) is 24.8 Å². The third-order valence-electron chi connectivity index (χ3n) is 3.10. The molecule has 1 heterocycles. The first kappa shape index (κ1) is 11.9. The van der Waals surface area contributed by atoms with Gasteiger partial charge in [0, 0.05) is 12.3 Å². The number of cyclic esters (lactones) is 1. The summed E-state index contributed by atoms with van der Waals surface area (Å²) >= 11 is 0. The number of ether oxygens (including phenoxy) is 1. The zero-order valence-corrected chi connectivity index (χ0v) is 9.93. The summed E-state index contributed by atoms with van der Waals surface area (Å²) in [5, 5.41) is 8.89. The molecular formula is C13H17NO3.